The zero-order chi connectivity index (χ0) is 11.4. The first kappa shape index (κ1) is 11.5. The van der Waals surface area contributed by atoms with Crippen molar-refractivity contribution in [1.82, 2.24) is 0 Å². The third-order valence-electron chi connectivity index (χ3n) is 1.97. The summed E-state index contributed by atoms with van der Waals surface area (Å²) < 4.78 is 24.8. The van der Waals surface area contributed by atoms with Crippen molar-refractivity contribution < 1.29 is 18.4 Å². The number of hydrogen-bond donors (Lipinski definition) is 0. The van der Waals surface area contributed by atoms with Crippen molar-refractivity contribution >= 4 is 12.1 Å². The van der Waals surface area contributed by atoms with E-state index in [0.29, 0.717) is 11.8 Å². The van der Waals surface area contributed by atoms with E-state index in [0.717, 1.165) is 0 Å². The van der Waals surface area contributed by atoms with E-state index in [1.807, 2.05) is 0 Å². The second-order valence-corrected chi connectivity index (χ2v) is 3.26. The van der Waals surface area contributed by atoms with Crippen LogP contribution in [0.25, 0.3) is 0 Å². The van der Waals surface area contributed by atoms with Crippen LogP contribution in [0.4, 0.5) is 8.78 Å². The van der Waals surface area contributed by atoms with Gasteiger partial charge in [-0.05, 0) is 18.6 Å². The maximum atomic E-state index is 12.4. The van der Waals surface area contributed by atoms with Crippen LogP contribution in [0, 0.1) is 0 Å². The zero-order valence-corrected chi connectivity index (χ0v) is 8.17. The lowest BCUT2D eigenvalue weighted by Crippen LogP contribution is -2.00. The largest absolute Gasteiger partial charge is 0.300 e. The van der Waals surface area contributed by atoms with Gasteiger partial charge < -0.3 is 0 Å². The first-order chi connectivity index (χ1) is 7.04. The van der Waals surface area contributed by atoms with E-state index in [2.05, 4.69) is 0 Å². The van der Waals surface area contributed by atoms with E-state index < -0.39 is 6.43 Å². The van der Waals surface area contributed by atoms with Crippen molar-refractivity contribution in [2.24, 2.45) is 0 Å². The molecule has 0 aliphatic carbocycles. The van der Waals surface area contributed by atoms with Crippen LogP contribution < -0.4 is 0 Å². The Morgan fingerprint density at radius 1 is 1.47 bits per heavy atom. The monoisotopic (exact) mass is 212 g/mol. The van der Waals surface area contributed by atoms with Gasteiger partial charge in [0.15, 0.2) is 6.29 Å². The minimum atomic E-state index is -2.67. The Morgan fingerprint density at radius 3 is 2.60 bits per heavy atom. The molecule has 1 rings (SSSR count). The Bertz CT molecular complexity index is 386. The molecule has 0 N–H and O–H groups in total. The molecule has 0 aromatic heterocycles. The van der Waals surface area contributed by atoms with E-state index >= 15 is 0 Å². The van der Waals surface area contributed by atoms with Gasteiger partial charge in [0.25, 0.3) is 6.43 Å². The summed E-state index contributed by atoms with van der Waals surface area (Å²) >= 11 is 0. The molecule has 0 saturated carbocycles. The lowest BCUT2D eigenvalue weighted by molar-refractivity contribution is -0.116. The molecule has 0 amide bonds. The van der Waals surface area contributed by atoms with Gasteiger partial charge in [-0.2, -0.15) is 0 Å². The molecule has 1 aromatic carbocycles. The molecule has 1 aromatic rings. The first-order valence-electron chi connectivity index (χ1n) is 4.40. The van der Waals surface area contributed by atoms with Gasteiger partial charge in [0.05, 0.1) is 0 Å². The molecule has 80 valence electrons. The van der Waals surface area contributed by atoms with Crippen LogP contribution in [-0.4, -0.2) is 12.1 Å². The van der Waals surface area contributed by atoms with Gasteiger partial charge in [0.1, 0.15) is 5.78 Å². The summed E-state index contributed by atoms with van der Waals surface area (Å²) in [5, 5.41) is 0. The molecular weight excluding hydrogens is 202 g/mol. The Labute approximate surface area is 85.9 Å². The van der Waals surface area contributed by atoms with Crippen molar-refractivity contribution in [3.63, 3.8) is 0 Å². The van der Waals surface area contributed by atoms with E-state index in [-0.39, 0.29) is 23.3 Å². The van der Waals surface area contributed by atoms with Crippen molar-refractivity contribution in [1.29, 1.82) is 0 Å². The minimum absolute atomic E-state index is 0.0521. The lowest BCUT2D eigenvalue weighted by Gasteiger charge is -2.05. The number of carbonyl (C=O) groups is 2. The molecule has 4 heteroatoms. The average molecular weight is 212 g/mol. The van der Waals surface area contributed by atoms with Gasteiger partial charge in [-0.1, -0.05) is 12.1 Å². The molecule has 0 aliphatic rings. The van der Waals surface area contributed by atoms with Crippen LogP contribution in [0.5, 0.6) is 0 Å². The normalized spacial score (nSPS) is 10.4. The van der Waals surface area contributed by atoms with Gasteiger partial charge >= 0.3 is 0 Å². The molecular formula is C11H10F2O2. The molecule has 15 heavy (non-hydrogen) atoms. The maximum absolute atomic E-state index is 12.4. The van der Waals surface area contributed by atoms with Crippen molar-refractivity contribution in [2.75, 3.05) is 0 Å². The second-order valence-electron chi connectivity index (χ2n) is 3.26. The Kier molecular flexibility index (Phi) is 3.66. The fraction of sp³-hybridized carbons (Fsp3) is 0.273. The third-order valence-corrected chi connectivity index (χ3v) is 1.97. The Hall–Kier alpha value is -1.58. The smallest absolute Gasteiger partial charge is 0.264 e. The second kappa shape index (κ2) is 4.77. The fourth-order valence-corrected chi connectivity index (χ4v) is 1.32. The highest BCUT2D eigenvalue weighted by atomic mass is 19.3. The summed E-state index contributed by atoms with van der Waals surface area (Å²) in [6.07, 6.45) is -2.13. The van der Waals surface area contributed by atoms with Gasteiger partial charge in [-0.3, -0.25) is 9.59 Å². The number of ketones is 1. The van der Waals surface area contributed by atoms with Gasteiger partial charge in [-0.15, -0.1) is 0 Å². The molecule has 0 atom stereocenters. The highest BCUT2D eigenvalue weighted by Gasteiger charge is 2.13. The molecule has 0 bridgehead atoms. The Morgan fingerprint density at radius 2 is 2.13 bits per heavy atom. The molecule has 0 fully saturated rings. The van der Waals surface area contributed by atoms with E-state index in [4.69, 9.17) is 0 Å². The predicted octanol–water partition coefficient (Wildman–Crippen LogP) is 2.57. The number of Topliss-reactive ketones (excluding diaryl/α,β-unsaturated/α-hetero) is 1. The number of carbonyl (C=O) groups excluding carboxylic acids is 2. The summed E-state index contributed by atoms with van der Waals surface area (Å²) in [5.74, 6) is -0.0726. The van der Waals surface area contributed by atoms with E-state index in [9.17, 15) is 18.4 Å². The number of benzene rings is 1. The number of aldehydes is 1. The summed E-state index contributed by atoms with van der Waals surface area (Å²) in [6, 6.07) is 3.96. The molecule has 0 unspecified atom stereocenters. The molecule has 0 aliphatic heterocycles. The first-order valence-corrected chi connectivity index (χ1v) is 4.40. The summed E-state index contributed by atoms with van der Waals surface area (Å²) in [5.41, 5.74) is 0.232. The SMILES string of the molecule is CC(=O)Cc1ccc(C(F)F)c(C=O)c1. The summed E-state index contributed by atoms with van der Waals surface area (Å²) in [4.78, 5) is 21.3. The molecule has 0 heterocycles. The van der Waals surface area contributed by atoms with Gasteiger partial charge in [0, 0.05) is 17.5 Å². The molecule has 0 spiro atoms. The van der Waals surface area contributed by atoms with Crippen molar-refractivity contribution in [3.05, 3.63) is 34.9 Å². The highest BCUT2D eigenvalue weighted by molar-refractivity contribution is 5.81. The van der Waals surface area contributed by atoms with Crippen LogP contribution in [0.1, 0.15) is 34.8 Å². The third kappa shape index (κ3) is 2.94. The molecule has 0 radical (unpaired) electrons. The summed E-state index contributed by atoms with van der Waals surface area (Å²) in [7, 11) is 0. The zero-order valence-electron chi connectivity index (χ0n) is 8.17. The van der Waals surface area contributed by atoms with Crippen LogP contribution in [0.3, 0.4) is 0 Å². The van der Waals surface area contributed by atoms with Gasteiger partial charge in [0.2, 0.25) is 0 Å². The number of halogens is 2. The number of alkyl halides is 2. The minimum Gasteiger partial charge on any atom is -0.300 e. The molecule has 2 nitrogen and oxygen atoms in total. The van der Waals surface area contributed by atoms with Crippen molar-refractivity contribution in [3.8, 4) is 0 Å². The predicted molar refractivity (Wildman–Crippen MR) is 51.2 cm³/mol. The standard InChI is InChI=1S/C11H10F2O2/c1-7(15)4-8-2-3-10(11(12)13)9(5-8)6-14/h2-3,5-6,11H,4H2,1H3. The topological polar surface area (TPSA) is 34.1 Å². The summed E-state index contributed by atoms with van der Waals surface area (Å²) in [6.45, 7) is 1.40. The van der Waals surface area contributed by atoms with Crippen LogP contribution >= 0.6 is 0 Å². The van der Waals surface area contributed by atoms with Crippen LogP contribution in [0.15, 0.2) is 18.2 Å². The Balaban J connectivity index is 3.07. The van der Waals surface area contributed by atoms with E-state index in [1.54, 1.807) is 0 Å². The molecule has 0 saturated heterocycles. The lowest BCUT2D eigenvalue weighted by atomic mass is 10.0. The maximum Gasteiger partial charge on any atom is 0.264 e. The highest BCUT2D eigenvalue weighted by Crippen LogP contribution is 2.22. The fourth-order valence-electron chi connectivity index (χ4n) is 1.32. The van der Waals surface area contributed by atoms with Gasteiger partial charge in [-0.25, -0.2) is 8.78 Å². The van der Waals surface area contributed by atoms with Crippen LogP contribution in [0.2, 0.25) is 0 Å². The average Bonchev–Trinajstić information content (AvgIpc) is 2.16. The van der Waals surface area contributed by atoms with E-state index in [1.165, 1.54) is 25.1 Å². The number of rotatable bonds is 4. The van der Waals surface area contributed by atoms with Crippen molar-refractivity contribution in [2.45, 2.75) is 19.8 Å². The van der Waals surface area contributed by atoms with Crippen LogP contribution in [-0.2, 0) is 11.2 Å². The quantitative estimate of drug-likeness (QED) is 0.719. The number of hydrogen-bond acceptors (Lipinski definition) is 2.